The van der Waals surface area contributed by atoms with Crippen molar-refractivity contribution in [2.75, 3.05) is 19.8 Å². The molecule has 13 heteroatoms. The smallest absolute Gasteiger partial charge is 0.315 e. The van der Waals surface area contributed by atoms with Crippen LogP contribution in [0, 0.1) is 0 Å². The second-order valence-electron chi connectivity index (χ2n) is 15.1. The lowest BCUT2D eigenvalue weighted by Crippen LogP contribution is -2.44. The molecule has 272 valence electrons. The number of allylic oxidation sites excluding steroid dienone is 3. The zero-order valence-electron chi connectivity index (χ0n) is 30.1. The summed E-state index contributed by atoms with van der Waals surface area (Å²) >= 11 is 8.01. The number of halogens is 1. The van der Waals surface area contributed by atoms with E-state index in [0.29, 0.717) is 6.54 Å². The Kier molecular flexibility index (Phi) is 9.27. The summed E-state index contributed by atoms with van der Waals surface area (Å²) in [5, 5.41) is 4.75. The van der Waals surface area contributed by atoms with E-state index in [9.17, 15) is 4.79 Å². The number of thiophene rings is 1. The number of carbonyl (C=O) groups is 1. The maximum Gasteiger partial charge on any atom is 0.315 e. The summed E-state index contributed by atoms with van der Waals surface area (Å²) < 4.78 is 9.93. The van der Waals surface area contributed by atoms with Crippen LogP contribution in [0.2, 0.25) is 4.34 Å². The summed E-state index contributed by atoms with van der Waals surface area (Å²) in [6, 6.07) is 12.4. The number of nitrogens with zero attached hydrogens (tertiary/aromatic N) is 5. The van der Waals surface area contributed by atoms with Crippen LogP contribution in [-0.2, 0) is 11.3 Å². The number of aromatic amines is 2. The highest BCUT2D eigenvalue weighted by Crippen LogP contribution is 2.47. The Balaban J connectivity index is 1.11. The van der Waals surface area contributed by atoms with Gasteiger partial charge < -0.3 is 29.9 Å². The number of carbonyl (C=O) groups excluding carboxylic acids is 1. The normalized spacial score (nSPS) is 19.0. The molecule has 0 radical (unpaired) electrons. The zero-order valence-corrected chi connectivity index (χ0v) is 31.7. The monoisotopic (exact) mass is 739 g/mol. The van der Waals surface area contributed by atoms with E-state index in [0.717, 1.165) is 118 Å². The van der Waals surface area contributed by atoms with Gasteiger partial charge in [-0.2, -0.15) is 0 Å². The molecule has 1 aromatic carbocycles. The second-order valence-corrected chi connectivity index (χ2v) is 16.8. The molecule has 8 rings (SSSR count). The lowest BCUT2D eigenvalue weighted by atomic mass is 9.92. The van der Waals surface area contributed by atoms with E-state index in [2.05, 4.69) is 93.8 Å². The number of aromatic nitrogens is 5. The summed E-state index contributed by atoms with van der Waals surface area (Å²) in [5.74, 6) is 2.59. The van der Waals surface area contributed by atoms with Crippen LogP contribution in [0.4, 0.5) is 4.79 Å². The van der Waals surface area contributed by atoms with Crippen LogP contribution in [0.5, 0.6) is 0 Å². The van der Waals surface area contributed by atoms with E-state index in [4.69, 9.17) is 27.1 Å². The van der Waals surface area contributed by atoms with Crippen LogP contribution < -0.4 is 11.1 Å². The Morgan fingerprint density at radius 2 is 1.98 bits per heavy atom. The predicted molar refractivity (Wildman–Crippen MR) is 208 cm³/mol. The van der Waals surface area contributed by atoms with Gasteiger partial charge in [-0.05, 0) is 101 Å². The van der Waals surface area contributed by atoms with E-state index < -0.39 is 6.03 Å². The number of likely N-dealkylation sites (tertiary alicyclic amines) is 1. The average molecular weight is 740 g/mol. The molecule has 11 nitrogen and oxygen atoms in total. The Hall–Kier alpha value is -4.36. The first-order valence-electron chi connectivity index (χ1n) is 18.2. The fourth-order valence-electron chi connectivity index (χ4n) is 7.64. The minimum atomic E-state index is -0.405. The summed E-state index contributed by atoms with van der Waals surface area (Å²) in [7, 11) is 0. The third kappa shape index (κ3) is 6.80. The fourth-order valence-corrected chi connectivity index (χ4v) is 8.73. The van der Waals surface area contributed by atoms with E-state index in [1.165, 1.54) is 16.9 Å². The first-order chi connectivity index (χ1) is 25.0. The van der Waals surface area contributed by atoms with Gasteiger partial charge in [0, 0.05) is 35.3 Å². The van der Waals surface area contributed by atoms with Gasteiger partial charge >= 0.3 is 6.03 Å². The van der Waals surface area contributed by atoms with Crippen LogP contribution in [0.3, 0.4) is 0 Å². The van der Waals surface area contributed by atoms with Gasteiger partial charge in [0.05, 0.1) is 56.8 Å². The van der Waals surface area contributed by atoms with Gasteiger partial charge in [0.1, 0.15) is 17.4 Å². The summed E-state index contributed by atoms with van der Waals surface area (Å²) in [5.41, 5.74) is 13.3. The number of nitrogens with one attached hydrogen (secondary N) is 3. The van der Waals surface area contributed by atoms with Crippen molar-refractivity contribution in [3.05, 3.63) is 92.9 Å². The maximum absolute atomic E-state index is 12.0. The molecule has 1 saturated heterocycles. The number of hydrogen-bond donors (Lipinski definition) is 4. The number of benzene rings is 1. The van der Waals surface area contributed by atoms with Gasteiger partial charge in [0.25, 0.3) is 0 Å². The molecule has 2 amide bonds. The molecular formula is C39H46ClN9O2S. The molecule has 3 aliphatic rings. The van der Waals surface area contributed by atoms with Gasteiger partial charge in [-0.15, -0.1) is 11.3 Å². The first kappa shape index (κ1) is 34.7. The van der Waals surface area contributed by atoms with Crippen molar-refractivity contribution in [3.63, 3.8) is 0 Å². The largest absolute Gasteiger partial charge is 0.465 e. The molecule has 2 unspecified atom stereocenters. The van der Waals surface area contributed by atoms with Crippen LogP contribution in [0.25, 0.3) is 33.3 Å². The van der Waals surface area contributed by atoms with Crippen LogP contribution in [0.15, 0.2) is 60.6 Å². The topological polar surface area (TPSA) is 133 Å². The molecular weight excluding hydrogens is 694 g/mol. The SMILES string of the molecule is CCCN(CNC(C)(C)C)Cc1ncc(-c2ccc3c(c2)cc2n3C(c3ccc(Cl)s3)OC3=C2CCC(c2cnc(C4CCCN4C(N)=O)[nH]2)=C3)[nH]1. The number of imidazole rings is 2. The maximum atomic E-state index is 12.0. The Bertz CT molecular complexity index is 2180. The van der Waals surface area contributed by atoms with Gasteiger partial charge in [0.15, 0.2) is 0 Å². The molecule has 4 aromatic heterocycles. The first-order valence-corrected chi connectivity index (χ1v) is 19.4. The van der Waals surface area contributed by atoms with Crippen molar-refractivity contribution < 1.29 is 9.53 Å². The molecule has 2 aliphatic heterocycles. The number of H-pyrrole nitrogens is 2. The van der Waals surface area contributed by atoms with Crippen molar-refractivity contribution in [1.29, 1.82) is 0 Å². The van der Waals surface area contributed by atoms with Crippen molar-refractivity contribution in [3.8, 4) is 11.3 Å². The lowest BCUT2D eigenvalue weighted by Gasteiger charge is -2.32. The van der Waals surface area contributed by atoms with Crippen LogP contribution >= 0.6 is 22.9 Å². The standard InChI is InChI=1S/C39H46ClN9O2S/c1-5-14-47(22-44-39(2,3)4)21-35-42-19-27(45-35)23-9-11-29-25(16-23)17-31-26-10-8-24(18-32(26)51-37(49(29)31)33-12-13-34(40)52-33)28-20-43-36(46-28)30-7-6-15-48(30)38(41)50/h9,11-13,16-20,30,37,44H,5-8,10,14-15,21-22H2,1-4H3,(H2,41,50)(H,42,45)(H,43,46). The molecule has 0 spiro atoms. The molecule has 1 aliphatic carbocycles. The average Bonchev–Trinajstić information content (AvgIpc) is 3.95. The number of hydrogen-bond acceptors (Lipinski definition) is 7. The van der Waals surface area contributed by atoms with Crippen molar-refractivity contribution >= 4 is 51.0 Å². The number of rotatable bonds is 10. The number of primary amides is 1. The Morgan fingerprint density at radius 1 is 1.13 bits per heavy atom. The molecule has 1 fully saturated rings. The zero-order chi connectivity index (χ0) is 36.1. The quantitative estimate of drug-likeness (QED) is 0.106. The molecule has 52 heavy (non-hydrogen) atoms. The van der Waals surface area contributed by atoms with Crippen LogP contribution in [0.1, 0.15) is 100.0 Å². The highest BCUT2D eigenvalue weighted by atomic mass is 35.5. The van der Waals surface area contributed by atoms with E-state index in [1.54, 1.807) is 4.90 Å². The predicted octanol–water partition coefficient (Wildman–Crippen LogP) is 8.41. The molecule has 5 N–H and O–H groups in total. The molecule has 0 saturated carbocycles. The fraction of sp³-hybridized carbons (Fsp3) is 0.410. The number of fused-ring (bicyclic) bond motifs is 4. The van der Waals surface area contributed by atoms with E-state index in [1.807, 2.05) is 18.5 Å². The highest BCUT2D eigenvalue weighted by molar-refractivity contribution is 7.16. The van der Waals surface area contributed by atoms with E-state index >= 15 is 0 Å². The third-order valence-corrected chi connectivity index (χ3v) is 11.4. The minimum absolute atomic E-state index is 0.0505. The van der Waals surface area contributed by atoms with Crippen molar-refractivity contribution in [1.82, 2.24) is 39.6 Å². The minimum Gasteiger partial charge on any atom is -0.465 e. The Morgan fingerprint density at radius 3 is 2.75 bits per heavy atom. The number of amides is 2. The van der Waals surface area contributed by atoms with E-state index in [-0.39, 0.29) is 17.8 Å². The van der Waals surface area contributed by atoms with Gasteiger partial charge in [0.2, 0.25) is 6.23 Å². The summed E-state index contributed by atoms with van der Waals surface area (Å²) in [4.78, 5) is 33.7. The third-order valence-electron chi connectivity index (χ3n) is 10.2. The van der Waals surface area contributed by atoms with Gasteiger partial charge in [-0.25, -0.2) is 14.8 Å². The molecule has 5 aromatic rings. The van der Waals surface area contributed by atoms with Crippen molar-refractivity contribution in [2.24, 2.45) is 5.73 Å². The second kappa shape index (κ2) is 13.9. The summed E-state index contributed by atoms with van der Waals surface area (Å²) in [6.45, 7) is 12.0. The number of ether oxygens (including phenoxy) is 1. The number of nitrogens with two attached hydrogens (primary N) is 1. The molecule has 6 heterocycles. The molecule has 2 atom stereocenters. The highest BCUT2D eigenvalue weighted by Gasteiger charge is 2.34. The number of urea groups is 1. The van der Waals surface area contributed by atoms with Crippen LogP contribution in [-0.4, -0.2) is 65.6 Å². The van der Waals surface area contributed by atoms with Crippen molar-refractivity contribution in [2.45, 2.75) is 84.2 Å². The molecule has 0 bridgehead atoms. The van der Waals surface area contributed by atoms with Gasteiger partial charge in [-0.3, -0.25) is 10.2 Å². The van der Waals surface area contributed by atoms with Gasteiger partial charge in [-0.1, -0.05) is 24.6 Å². The Labute approximate surface area is 312 Å². The summed E-state index contributed by atoms with van der Waals surface area (Å²) in [6.07, 6.45) is 10.1. The lowest BCUT2D eigenvalue weighted by molar-refractivity contribution is 0.0988.